The number of nitrogens with zero attached hydrogens (tertiary/aromatic N) is 2. The predicted octanol–water partition coefficient (Wildman–Crippen LogP) is 3.67. The predicted molar refractivity (Wildman–Crippen MR) is 93.7 cm³/mol. The molecular formula is C18H25F2N3O3. The zero-order chi connectivity index (χ0) is 19.9. The number of aliphatic hydroxyl groups is 1. The number of benzene rings is 1. The van der Waals surface area contributed by atoms with E-state index in [-0.39, 0.29) is 11.3 Å². The molecule has 0 aliphatic carbocycles. The average molecular weight is 369 g/mol. The van der Waals surface area contributed by atoms with Crippen molar-refractivity contribution in [3.05, 3.63) is 29.6 Å². The van der Waals surface area contributed by atoms with Crippen LogP contribution in [-0.2, 0) is 11.3 Å². The Bertz CT molecular complexity index is 820. The van der Waals surface area contributed by atoms with Crippen LogP contribution in [0.1, 0.15) is 53.4 Å². The first-order valence-corrected chi connectivity index (χ1v) is 8.40. The van der Waals surface area contributed by atoms with Gasteiger partial charge in [0.1, 0.15) is 17.5 Å². The number of imidazole rings is 1. The van der Waals surface area contributed by atoms with Crippen molar-refractivity contribution in [2.75, 3.05) is 0 Å². The van der Waals surface area contributed by atoms with Crippen LogP contribution >= 0.6 is 0 Å². The van der Waals surface area contributed by atoms with Crippen LogP contribution in [-0.4, -0.2) is 32.0 Å². The van der Waals surface area contributed by atoms with Gasteiger partial charge in [0.25, 0.3) is 0 Å². The maximum atomic E-state index is 13.6. The van der Waals surface area contributed by atoms with Crippen molar-refractivity contribution in [2.45, 2.75) is 65.3 Å². The third-order valence-corrected chi connectivity index (χ3v) is 3.76. The summed E-state index contributed by atoms with van der Waals surface area (Å²) in [6.07, 6.45) is -0.725. The molecule has 26 heavy (non-hydrogen) atoms. The lowest BCUT2D eigenvalue weighted by Gasteiger charge is -2.31. The topological polar surface area (TPSA) is 76.4 Å². The highest BCUT2D eigenvalue weighted by molar-refractivity contribution is 5.77. The van der Waals surface area contributed by atoms with Gasteiger partial charge in [-0.25, -0.2) is 18.6 Å². The van der Waals surface area contributed by atoms with Gasteiger partial charge in [-0.15, -0.1) is 0 Å². The Hall–Kier alpha value is -2.22. The maximum Gasteiger partial charge on any atom is 0.408 e. The molecular weight excluding hydrogens is 344 g/mol. The van der Waals surface area contributed by atoms with Crippen molar-refractivity contribution in [1.82, 2.24) is 14.9 Å². The SMILES string of the molecule is CCn1c([C@@H](NC(=O)OC(C)(C)C)C(C)(C)O)nc2cc(F)c(F)cc21. The molecule has 0 aliphatic rings. The summed E-state index contributed by atoms with van der Waals surface area (Å²) in [7, 11) is 0. The van der Waals surface area contributed by atoms with Gasteiger partial charge < -0.3 is 19.7 Å². The van der Waals surface area contributed by atoms with Crippen molar-refractivity contribution in [2.24, 2.45) is 0 Å². The van der Waals surface area contributed by atoms with Gasteiger partial charge in [-0.05, 0) is 41.5 Å². The lowest BCUT2D eigenvalue weighted by molar-refractivity contribution is 0.0135. The van der Waals surface area contributed by atoms with Crippen LogP contribution in [0.4, 0.5) is 13.6 Å². The molecule has 0 spiro atoms. The van der Waals surface area contributed by atoms with E-state index in [1.807, 2.05) is 0 Å². The fourth-order valence-electron chi connectivity index (χ4n) is 2.67. The van der Waals surface area contributed by atoms with Gasteiger partial charge in [-0.3, -0.25) is 0 Å². The highest BCUT2D eigenvalue weighted by Gasteiger charge is 2.35. The van der Waals surface area contributed by atoms with Gasteiger partial charge in [0.05, 0.1) is 16.6 Å². The number of carbonyl (C=O) groups is 1. The number of hydrogen-bond donors (Lipinski definition) is 2. The summed E-state index contributed by atoms with van der Waals surface area (Å²) in [6, 6.07) is 1.10. The highest BCUT2D eigenvalue weighted by Crippen LogP contribution is 2.29. The molecule has 0 aliphatic heterocycles. The molecule has 144 valence electrons. The number of aryl methyl sites for hydroxylation is 1. The maximum absolute atomic E-state index is 13.6. The van der Waals surface area contributed by atoms with Crippen LogP contribution in [0.3, 0.4) is 0 Å². The summed E-state index contributed by atoms with van der Waals surface area (Å²) in [5, 5.41) is 13.2. The minimum absolute atomic E-state index is 0.237. The Morgan fingerprint density at radius 2 is 1.85 bits per heavy atom. The molecule has 2 aromatic rings. The Balaban J connectivity index is 2.53. The number of aromatic nitrogens is 2. The number of nitrogens with one attached hydrogen (secondary N) is 1. The summed E-state index contributed by atoms with van der Waals surface area (Å²) in [5.41, 5.74) is -1.50. The second-order valence-electron chi connectivity index (χ2n) is 7.70. The van der Waals surface area contributed by atoms with Crippen LogP contribution in [0.2, 0.25) is 0 Å². The van der Waals surface area contributed by atoms with Crippen molar-refractivity contribution in [1.29, 1.82) is 0 Å². The van der Waals surface area contributed by atoms with Crippen LogP contribution < -0.4 is 5.32 Å². The fraction of sp³-hybridized carbons (Fsp3) is 0.556. The zero-order valence-electron chi connectivity index (χ0n) is 15.9. The Morgan fingerprint density at radius 3 is 2.35 bits per heavy atom. The number of carbonyl (C=O) groups excluding carboxylic acids is 1. The van der Waals surface area contributed by atoms with Gasteiger partial charge >= 0.3 is 6.09 Å². The summed E-state index contributed by atoms with van der Waals surface area (Å²) in [6.45, 7) is 10.4. The second kappa shape index (κ2) is 6.83. The van der Waals surface area contributed by atoms with Crippen molar-refractivity contribution in [3.63, 3.8) is 0 Å². The summed E-state index contributed by atoms with van der Waals surface area (Å²) in [5.74, 6) is -1.71. The summed E-state index contributed by atoms with van der Waals surface area (Å²) in [4.78, 5) is 16.5. The highest BCUT2D eigenvalue weighted by atomic mass is 19.2. The average Bonchev–Trinajstić information content (AvgIpc) is 2.79. The number of alkyl carbamates (subject to hydrolysis) is 1. The lowest BCUT2D eigenvalue weighted by Crippen LogP contribution is -2.45. The zero-order valence-corrected chi connectivity index (χ0v) is 15.9. The monoisotopic (exact) mass is 369 g/mol. The molecule has 6 nitrogen and oxygen atoms in total. The van der Waals surface area contributed by atoms with Gasteiger partial charge in [-0.2, -0.15) is 0 Å². The van der Waals surface area contributed by atoms with E-state index in [1.54, 1.807) is 32.3 Å². The Kier molecular flexibility index (Phi) is 5.28. The first-order chi connectivity index (χ1) is 11.8. The van der Waals surface area contributed by atoms with Gasteiger partial charge in [-0.1, -0.05) is 0 Å². The minimum atomic E-state index is -1.40. The van der Waals surface area contributed by atoms with Crippen molar-refractivity contribution >= 4 is 17.1 Å². The Morgan fingerprint density at radius 1 is 1.27 bits per heavy atom. The number of rotatable bonds is 4. The summed E-state index contributed by atoms with van der Waals surface area (Å²) >= 11 is 0. The van der Waals surface area contributed by atoms with E-state index in [4.69, 9.17) is 4.74 Å². The molecule has 0 unspecified atom stereocenters. The molecule has 1 amide bonds. The van der Waals surface area contributed by atoms with E-state index in [0.717, 1.165) is 12.1 Å². The van der Waals surface area contributed by atoms with Crippen molar-refractivity contribution in [3.8, 4) is 0 Å². The molecule has 0 saturated carbocycles. The molecule has 2 rings (SSSR count). The van der Waals surface area contributed by atoms with E-state index < -0.39 is 35.0 Å². The van der Waals surface area contributed by atoms with E-state index in [1.165, 1.54) is 13.8 Å². The van der Waals surface area contributed by atoms with Crippen molar-refractivity contribution < 1.29 is 23.4 Å². The minimum Gasteiger partial charge on any atom is -0.444 e. The van der Waals surface area contributed by atoms with E-state index in [9.17, 15) is 18.7 Å². The first kappa shape index (κ1) is 20.1. The molecule has 0 fully saturated rings. The van der Waals surface area contributed by atoms with Crippen LogP contribution in [0.15, 0.2) is 12.1 Å². The van der Waals surface area contributed by atoms with E-state index >= 15 is 0 Å². The fourth-order valence-corrected chi connectivity index (χ4v) is 2.67. The number of amides is 1. The van der Waals surface area contributed by atoms with Gasteiger partial charge in [0.15, 0.2) is 11.6 Å². The number of hydrogen-bond acceptors (Lipinski definition) is 4. The molecule has 1 heterocycles. The lowest BCUT2D eigenvalue weighted by atomic mass is 9.98. The van der Waals surface area contributed by atoms with E-state index in [2.05, 4.69) is 10.3 Å². The van der Waals surface area contributed by atoms with E-state index in [0.29, 0.717) is 12.1 Å². The van der Waals surface area contributed by atoms with Gasteiger partial charge in [0, 0.05) is 18.7 Å². The molecule has 8 heteroatoms. The van der Waals surface area contributed by atoms with Crippen LogP contribution in [0.25, 0.3) is 11.0 Å². The van der Waals surface area contributed by atoms with Gasteiger partial charge in [0.2, 0.25) is 0 Å². The largest absolute Gasteiger partial charge is 0.444 e. The molecule has 1 aromatic carbocycles. The molecule has 1 aromatic heterocycles. The first-order valence-electron chi connectivity index (χ1n) is 8.40. The summed E-state index contributed by atoms with van der Waals surface area (Å²) < 4.78 is 34.1. The smallest absolute Gasteiger partial charge is 0.408 e. The molecule has 1 atom stereocenters. The number of halogens is 2. The molecule has 0 radical (unpaired) electrons. The van der Waals surface area contributed by atoms with Crippen LogP contribution in [0, 0.1) is 11.6 Å². The standard InChI is InChI=1S/C18H25F2N3O3/c1-7-23-13-9-11(20)10(19)8-12(13)21-15(23)14(18(5,6)25)22-16(24)26-17(2,3)4/h8-9,14,25H,7H2,1-6H3,(H,22,24)/t14-/m1/s1. The quantitative estimate of drug-likeness (QED) is 0.862. The third kappa shape index (κ3) is 4.30. The molecule has 0 bridgehead atoms. The number of fused-ring (bicyclic) bond motifs is 1. The van der Waals surface area contributed by atoms with Crippen LogP contribution in [0.5, 0.6) is 0 Å². The number of ether oxygens (including phenoxy) is 1. The Labute approximate surface area is 151 Å². The normalized spacial score (nSPS) is 13.7. The second-order valence-corrected chi connectivity index (χ2v) is 7.70. The molecule has 2 N–H and O–H groups in total. The third-order valence-electron chi connectivity index (χ3n) is 3.76. The molecule has 0 saturated heterocycles.